The first kappa shape index (κ1) is 13.0. The van der Waals surface area contributed by atoms with Crippen molar-refractivity contribution in [2.24, 2.45) is 5.92 Å². The van der Waals surface area contributed by atoms with Gasteiger partial charge in [0.25, 0.3) is 0 Å². The van der Waals surface area contributed by atoms with Crippen LogP contribution in [0.4, 0.5) is 4.79 Å². The van der Waals surface area contributed by atoms with E-state index in [0.717, 1.165) is 12.7 Å². The van der Waals surface area contributed by atoms with Crippen LogP contribution in [0.2, 0.25) is 0 Å². The van der Waals surface area contributed by atoms with Gasteiger partial charge < -0.3 is 19.6 Å². The molecule has 0 bridgehead atoms. The normalized spacial score (nSPS) is 22.6. The molecule has 2 atom stereocenters. The molecule has 0 saturated carbocycles. The minimum Gasteiger partial charge on any atom is -0.444 e. The third kappa shape index (κ3) is 4.18. The molecule has 0 radical (unpaired) electrons. The molecule has 1 aliphatic rings. The first-order valence-electron chi connectivity index (χ1n) is 5.45. The fourth-order valence-electron chi connectivity index (χ4n) is 1.54. The number of aldehydes is 1. The molecule has 0 aromatic rings. The van der Waals surface area contributed by atoms with E-state index in [2.05, 4.69) is 5.32 Å². The maximum absolute atomic E-state index is 11.5. The molecular weight excluding hydrogens is 210 g/mol. The average molecular weight is 229 g/mol. The van der Waals surface area contributed by atoms with E-state index in [4.69, 9.17) is 9.47 Å². The van der Waals surface area contributed by atoms with Crippen molar-refractivity contribution in [3.05, 3.63) is 0 Å². The molecule has 1 N–H and O–H groups in total. The summed E-state index contributed by atoms with van der Waals surface area (Å²) in [4.78, 5) is 22.3. The van der Waals surface area contributed by atoms with Gasteiger partial charge in [0.2, 0.25) is 0 Å². The second kappa shape index (κ2) is 5.30. The smallest absolute Gasteiger partial charge is 0.408 e. The lowest BCUT2D eigenvalue weighted by Crippen LogP contribution is -2.44. The topological polar surface area (TPSA) is 64.6 Å². The summed E-state index contributed by atoms with van der Waals surface area (Å²) in [6.45, 7) is 6.49. The predicted molar refractivity (Wildman–Crippen MR) is 58.1 cm³/mol. The van der Waals surface area contributed by atoms with E-state index >= 15 is 0 Å². The molecule has 1 amide bonds. The van der Waals surface area contributed by atoms with Crippen LogP contribution in [0.3, 0.4) is 0 Å². The number of ether oxygens (including phenoxy) is 2. The molecule has 2 unspecified atom stereocenters. The van der Waals surface area contributed by atoms with Crippen molar-refractivity contribution < 1.29 is 19.1 Å². The maximum atomic E-state index is 11.5. The highest BCUT2D eigenvalue weighted by atomic mass is 16.6. The van der Waals surface area contributed by atoms with Crippen molar-refractivity contribution in [3.63, 3.8) is 0 Å². The van der Waals surface area contributed by atoms with Crippen LogP contribution in [0, 0.1) is 5.92 Å². The van der Waals surface area contributed by atoms with E-state index in [-0.39, 0.29) is 5.92 Å². The number of amides is 1. The van der Waals surface area contributed by atoms with Gasteiger partial charge in [-0.25, -0.2) is 4.79 Å². The number of carbonyl (C=O) groups is 2. The van der Waals surface area contributed by atoms with Gasteiger partial charge in [-0.3, -0.25) is 0 Å². The number of hydrogen-bond donors (Lipinski definition) is 1. The van der Waals surface area contributed by atoms with Crippen LogP contribution in [0.25, 0.3) is 0 Å². The molecule has 92 valence electrons. The zero-order chi connectivity index (χ0) is 12.2. The van der Waals surface area contributed by atoms with Gasteiger partial charge in [-0.05, 0) is 27.2 Å². The van der Waals surface area contributed by atoms with Crippen molar-refractivity contribution in [1.29, 1.82) is 0 Å². The van der Waals surface area contributed by atoms with Crippen molar-refractivity contribution >= 4 is 12.4 Å². The highest BCUT2D eigenvalue weighted by molar-refractivity contribution is 5.73. The second-order valence-corrected chi connectivity index (χ2v) is 4.93. The predicted octanol–water partition coefficient (Wildman–Crippen LogP) is 1.12. The van der Waals surface area contributed by atoms with E-state index in [0.29, 0.717) is 13.2 Å². The summed E-state index contributed by atoms with van der Waals surface area (Å²) >= 11 is 0. The fraction of sp³-hybridized carbons (Fsp3) is 0.818. The summed E-state index contributed by atoms with van der Waals surface area (Å²) in [5, 5.41) is 2.56. The molecule has 1 rings (SSSR count). The molecule has 5 heteroatoms. The molecule has 1 aliphatic heterocycles. The van der Waals surface area contributed by atoms with Gasteiger partial charge in [0.15, 0.2) is 0 Å². The summed E-state index contributed by atoms with van der Waals surface area (Å²) in [6.07, 6.45) is 0.971. The summed E-state index contributed by atoms with van der Waals surface area (Å²) < 4.78 is 10.3. The Morgan fingerprint density at radius 1 is 1.56 bits per heavy atom. The van der Waals surface area contributed by atoms with Gasteiger partial charge in [0.1, 0.15) is 11.9 Å². The van der Waals surface area contributed by atoms with Gasteiger partial charge >= 0.3 is 6.09 Å². The first-order valence-corrected chi connectivity index (χ1v) is 5.45. The third-order valence-electron chi connectivity index (χ3n) is 2.30. The highest BCUT2D eigenvalue weighted by Crippen LogP contribution is 2.16. The molecular formula is C11H19NO4. The number of hydrogen-bond acceptors (Lipinski definition) is 4. The molecule has 1 heterocycles. The summed E-state index contributed by atoms with van der Waals surface area (Å²) in [5.41, 5.74) is -0.552. The van der Waals surface area contributed by atoms with E-state index in [1.165, 1.54) is 0 Å². The third-order valence-corrected chi connectivity index (χ3v) is 2.30. The van der Waals surface area contributed by atoms with E-state index < -0.39 is 17.7 Å². The number of carbonyl (C=O) groups excluding carboxylic acids is 2. The van der Waals surface area contributed by atoms with Gasteiger partial charge in [0, 0.05) is 12.5 Å². The molecule has 0 aromatic heterocycles. The van der Waals surface area contributed by atoms with Crippen LogP contribution in [0.15, 0.2) is 0 Å². The quantitative estimate of drug-likeness (QED) is 0.736. The van der Waals surface area contributed by atoms with Gasteiger partial charge in [-0.1, -0.05) is 0 Å². The zero-order valence-electron chi connectivity index (χ0n) is 9.99. The van der Waals surface area contributed by atoms with Crippen LogP contribution >= 0.6 is 0 Å². The number of nitrogens with one attached hydrogen (secondary N) is 1. The maximum Gasteiger partial charge on any atom is 0.408 e. The molecule has 0 aliphatic carbocycles. The standard InChI is InChI=1S/C11H19NO4/c1-11(2,3)16-10(14)12-9(6-13)8-4-5-15-7-8/h6,8-9H,4-5,7H2,1-3H3,(H,12,14). The Bertz CT molecular complexity index is 253. The molecule has 0 spiro atoms. The number of rotatable bonds is 3. The molecule has 1 fully saturated rings. The van der Waals surface area contributed by atoms with Gasteiger partial charge in [-0.2, -0.15) is 0 Å². The monoisotopic (exact) mass is 229 g/mol. The Balaban J connectivity index is 2.43. The van der Waals surface area contributed by atoms with Gasteiger partial charge in [0.05, 0.1) is 12.6 Å². The van der Waals surface area contributed by atoms with Crippen LogP contribution in [-0.4, -0.2) is 37.2 Å². The Labute approximate surface area is 95.5 Å². The van der Waals surface area contributed by atoms with E-state index in [9.17, 15) is 9.59 Å². The lowest BCUT2D eigenvalue weighted by atomic mass is 10.0. The van der Waals surface area contributed by atoms with Crippen molar-refractivity contribution in [2.75, 3.05) is 13.2 Å². The molecule has 16 heavy (non-hydrogen) atoms. The molecule has 5 nitrogen and oxygen atoms in total. The van der Waals surface area contributed by atoms with Crippen LogP contribution in [0.5, 0.6) is 0 Å². The van der Waals surface area contributed by atoms with Gasteiger partial charge in [-0.15, -0.1) is 0 Å². The fourth-order valence-corrected chi connectivity index (χ4v) is 1.54. The molecule has 1 saturated heterocycles. The first-order chi connectivity index (χ1) is 7.42. The SMILES string of the molecule is CC(C)(C)OC(=O)NC(C=O)C1CCOC1. The lowest BCUT2D eigenvalue weighted by molar-refractivity contribution is -0.110. The van der Waals surface area contributed by atoms with Crippen LogP contribution in [-0.2, 0) is 14.3 Å². The Morgan fingerprint density at radius 3 is 2.69 bits per heavy atom. The Kier molecular flexibility index (Phi) is 4.29. The van der Waals surface area contributed by atoms with Crippen LogP contribution in [0.1, 0.15) is 27.2 Å². The zero-order valence-corrected chi connectivity index (χ0v) is 9.99. The minimum atomic E-state index is -0.559. The summed E-state index contributed by atoms with van der Waals surface area (Å²) in [7, 11) is 0. The van der Waals surface area contributed by atoms with E-state index in [1.54, 1.807) is 20.8 Å². The van der Waals surface area contributed by atoms with Crippen LogP contribution < -0.4 is 5.32 Å². The average Bonchev–Trinajstić information content (AvgIpc) is 2.63. The molecule has 0 aromatic carbocycles. The lowest BCUT2D eigenvalue weighted by Gasteiger charge is -2.23. The minimum absolute atomic E-state index is 0.0602. The van der Waals surface area contributed by atoms with E-state index in [1.807, 2.05) is 0 Å². The summed E-state index contributed by atoms with van der Waals surface area (Å²) in [6, 6.07) is -0.516. The second-order valence-electron chi connectivity index (χ2n) is 4.93. The Morgan fingerprint density at radius 2 is 2.25 bits per heavy atom. The van der Waals surface area contributed by atoms with Crippen molar-refractivity contribution in [2.45, 2.75) is 38.8 Å². The summed E-state index contributed by atoms with van der Waals surface area (Å²) in [5.74, 6) is 0.0602. The van der Waals surface area contributed by atoms with Crippen molar-refractivity contribution in [3.8, 4) is 0 Å². The Hall–Kier alpha value is -1.10. The largest absolute Gasteiger partial charge is 0.444 e. The number of alkyl carbamates (subject to hydrolysis) is 1. The van der Waals surface area contributed by atoms with Crippen molar-refractivity contribution in [1.82, 2.24) is 5.32 Å². The highest BCUT2D eigenvalue weighted by Gasteiger charge is 2.28.